The Balaban J connectivity index is 1.99. The summed E-state index contributed by atoms with van der Waals surface area (Å²) >= 11 is 6.24. The van der Waals surface area contributed by atoms with Crippen molar-refractivity contribution in [3.63, 3.8) is 0 Å². The van der Waals surface area contributed by atoms with Crippen molar-refractivity contribution in [3.8, 4) is 5.82 Å². The van der Waals surface area contributed by atoms with Gasteiger partial charge in [0.2, 0.25) is 0 Å². The Bertz CT molecular complexity index is 632. The van der Waals surface area contributed by atoms with Gasteiger partial charge in [0.15, 0.2) is 5.82 Å². The maximum absolute atomic E-state index is 12.5. The molecule has 20 heavy (non-hydrogen) atoms. The summed E-state index contributed by atoms with van der Waals surface area (Å²) in [7, 11) is 0. The predicted octanol–water partition coefficient (Wildman–Crippen LogP) is 3.82. The Morgan fingerprint density at radius 1 is 1.15 bits per heavy atom. The number of alkyl halides is 3. The van der Waals surface area contributed by atoms with Gasteiger partial charge < -0.3 is 0 Å². The zero-order chi connectivity index (χ0) is 14.3. The molecular weight excluding hydrogens is 291 g/mol. The first-order valence-electron chi connectivity index (χ1n) is 6.27. The minimum Gasteiger partial charge on any atom is -0.236 e. The van der Waals surface area contributed by atoms with Crippen LogP contribution in [0.3, 0.4) is 0 Å². The molecule has 0 fully saturated rings. The standard InChI is InChI=1S/C13H11ClF3N3/c14-12-9-3-1-2-4-10(9)19-20(12)11-6-5-8(7-18-11)13(15,16)17/h5-7H,1-4H2. The predicted molar refractivity (Wildman–Crippen MR) is 68.0 cm³/mol. The SMILES string of the molecule is FC(F)(F)c1ccc(-n2nc3c(c2Cl)CCCC3)nc1. The normalized spacial score (nSPS) is 15.2. The second kappa shape index (κ2) is 4.77. The van der Waals surface area contributed by atoms with Crippen molar-refractivity contribution >= 4 is 11.6 Å². The lowest BCUT2D eigenvalue weighted by atomic mass is 9.99. The molecular formula is C13H11ClF3N3. The number of fused-ring (bicyclic) bond motifs is 1. The fourth-order valence-corrected chi connectivity index (χ4v) is 2.67. The van der Waals surface area contributed by atoms with Gasteiger partial charge in [0.05, 0.1) is 11.3 Å². The van der Waals surface area contributed by atoms with Crippen LogP contribution < -0.4 is 0 Å². The molecule has 2 heterocycles. The summed E-state index contributed by atoms with van der Waals surface area (Å²) in [4.78, 5) is 3.82. The molecule has 106 valence electrons. The third-order valence-corrected chi connectivity index (χ3v) is 3.77. The Kier molecular flexibility index (Phi) is 3.20. The van der Waals surface area contributed by atoms with Crippen LogP contribution in [-0.2, 0) is 19.0 Å². The molecule has 3 rings (SSSR count). The molecule has 7 heteroatoms. The van der Waals surface area contributed by atoms with E-state index in [1.165, 1.54) is 10.7 Å². The van der Waals surface area contributed by atoms with Crippen LogP contribution in [0, 0.1) is 0 Å². The third-order valence-electron chi connectivity index (χ3n) is 3.39. The van der Waals surface area contributed by atoms with E-state index in [0.717, 1.165) is 49.2 Å². The van der Waals surface area contributed by atoms with Crippen molar-refractivity contribution in [2.24, 2.45) is 0 Å². The number of pyridine rings is 1. The first-order chi connectivity index (χ1) is 9.47. The van der Waals surface area contributed by atoms with E-state index in [0.29, 0.717) is 11.0 Å². The fourth-order valence-electron chi connectivity index (χ4n) is 2.35. The second-order valence-electron chi connectivity index (χ2n) is 4.74. The highest BCUT2D eigenvalue weighted by Crippen LogP contribution is 2.31. The lowest BCUT2D eigenvalue weighted by Gasteiger charge is -2.08. The largest absolute Gasteiger partial charge is 0.417 e. The minimum absolute atomic E-state index is 0.303. The molecule has 3 nitrogen and oxygen atoms in total. The van der Waals surface area contributed by atoms with E-state index < -0.39 is 11.7 Å². The lowest BCUT2D eigenvalue weighted by Crippen LogP contribution is -2.07. The summed E-state index contributed by atoms with van der Waals surface area (Å²) < 4.78 is 38.9. The molecule has 0 spiro atoms. The van der Waals surface area contributed by atoms with E-state index in [4.69, 9.17) is 11.6 Å². The highest BCUT2D eigenvalue weighted by Gasteiger charge is 2.31. The van der Waals surface area contributed by atoms with Crippen molar-refractivity contribution in [2.45, 2.75) is 31.9 Å². The van der Waals surface area contributed by atoms with Crippen molar-refractivity contribution in [2.75, 3.05) is 0 Å². The average molecular weight is 302 g/mol. The lowest BCUT2D eigenvalue weighted by molar-refractivity contribution is -0.137. The van der Waals surface area contributed by atoms with Gasteiger partial charge in [-0.15, -0.1) is 0 Å². The zero-order valence-electron chi connectivity index (χ0n) is 10.4. The van der Waals surface area contributed by atoms with E-state index in [1.807, 2.05) is 0 Å². The van der Waals surface area contributed by atoms with E-state index in [9.17, 15) is 13.2 Å². The van der Waals surface area contributed by atoms with Crippen molar-refractivity contribution in [1.82, 2.24) is 14.8 Å². The summed E-state index contributed by atoms with van der Waals surface area (Å²) in [5.74, 6) is 0.303. The molecule has 0 saturated carbocycles. The van der Waals surface area contributed by atoms with Crippen LogP contribution in [0.25, 0.3) is 5.82 Å². The number of aryl methyl sites for hydroxylation is 1. The molecule has 1 aliphatic rings. The van der Waals surface area contributed by atoms with Crippen LogP contribution >= 0.6 is 11.6 Å². The Hall–Kier alpha value is -1.56. The van der Waals surface area contributed by atoms with E-state index >= 15 is 0 Å². The van der Waals surface area contributed by atoms with Gasteiger partial charge in [0, 0.05) is 11.8 Å². The third kappa shape index (κ3) is 2.28. The molecule has 0 atom stereocenters. The number of rotatable bonds is 1. The number of hydrogen-bond donors (Lipinski definition) is 0. The number of halogens is 4. The molecule has 0 amide bonds. The molecule has 0 radical (unpaired) electrons. The summed E-state index contributed by atoms with van der Waals surface area (Å²) in [5.41, 5.74) is 1.12. The summed E-state index contributed by atoms with van der Waals surface area (Å²) in [6.45, 7) is 0. The van der Waals surface area contributed by atoms with Gasteiger partial charge in [-0.05, 0) is 37.8 Å². The van der Waals surface area contributed by atoms with Crippen LogP contribution in [0.1, 0.15) is 29.7 Å². The number of nitrogens with zero attached hydrogens (tertiary/aromatic N) is 3. The second-order valence-corrected chi connectivity index (χ2v) is 5.10. The number of hydrogen-bond acceptors (Lipinski definition) is 2. The van der Waals surface area contributed by atoms with Crippen LogP contribution in [0.2, 0.25) is 5.15 Å². The molecule has 2 aromatic rings. The summed E-state index contributed by atoms with van der Waals surface area (Å²) in [5, 5.41) is 4.80. The van der Waals surface area contributed by atoms with E-state index in [1.54, 1.807) is 0 Å². The molecule has 0 aromatic carbocycles. The molecule has 1 aliphatic carbocycles. The van der Waals surface area contributed by atoms with Gasteiger partial charge >= 0.3 is 6.18 Å². The van der Waals surface area contributed by atoms with Gasteiger partial charge in [-0.25, -0.2) is 9.67 Å². The number of aromatic nitrogens is 3. The highest BCUT2D eigenvalue weighted by atomic mass is 35.5. The van der Waals surface area contributed by atoms with E-state index in [2.05, 4.69) is 10.1 Å². The Labute approximate surface area is 118 Å². The highest BCUT2D eigenvalue weighted by molar-refractivity contribution is 6.30. The van der Waals surface area contributed by atoms with Crippen LogP contribution in [-0.4, -0.2) is 14.8 Å². The van der Waals surface area contributed by atoms with Gasteiger partial charge in [0.1, 0.15) is 5.15 Å². The first kappa shape index (κ1) is 13.4. The van der Waals surface area contributed by atoms with Crippen molar-refractivity contribution in [3.05, 3.63) is 40.3 Å². The van der Waals surface area contributed by atoms with Gasteiger partial charge in [-0.2, -0.15) is 18.3 Å². The summed E-state index contributed by atoms with van der Waals surface area (Å²) in [6.07, 6.45) is 0.224. The van der Waals surface area contributed by atoms with Crippen molar-refractivity contribution < 1.29 is 13.2 Å². The molecule has 0 saturated heterocycles. The monoisotopic (exact) mass is 301 g/mol. The van der Waals surface area contributed by atoms with Gasteiger partial charge in [-0.3, -0.25) is 0 Å². The average Bonchev–Trinajstić information content (AvgIpc) is 2.76. The Morgan fingerprint density at radius 3 is 2.50 bits per heavy atom. The van der Waals surface area contributed by atoms with Crippen molar-refractivity contribution in [1.29, 1.82) is 0 Å². The van der Waals surface area contributed by atoms with Crippen LogP contribution in [0.4, 0.5) is 13.2 Å². The molecule has 0 bridgehead atoms. The first-order valence-corrected chi connectivity index (χ1v) is 6.64. The molecule has 0 aliphatic heterocycles. The van der Waals surface area contributed by atoms with Crippen LogP contribution in [0.15, 0.2) is 18.3 Å². The Morgan fingerprint density at radius 2 is 1.90 bits per heavy atom. The smallest absolute Gasteiger partial charge is 0.236 e. The van der Waals surface area contributed by atoms with E-state index in [-0.39, 0.29) is 0 Å². The van der Waals surface area contributed by atoms with Gasteiger partial charge in [0.25, 0.3) is 0 Å². The molecule has 0 N–H and O–H groups in total. The quantitative estimate of drug-likeness (QED) is 0.801. The molecule has 2 aromatic heterocycles. The maximum atomic E-state index is 12.5. The van der Waals surface area contributed by atoms with Gasteiger partial charge in [-0.1, -0.05) is 11.6 Å². The fraction of sp³-hybridized carbons (Fsp3) is 0.385. The summed E-state index contributed by atoms with van der Waals surface area (Å²) in [6, 6.07) is 2.27. The van der Waals surface area contributed by atoms with Crippen LogP contribution in [0.5, 0.6) is 0 Å². The topological polar surface area (TPSA) is 30.7 Å². The molecule has 0 unspecified atom stereocenters. The zero-order valence-corrected chi connectivity index (χ0v) is 11.2. The minimum atomic E-state index is -4.39. The maximum Gasteiger partial charge on any atom is 0.417 e.